The van der Waals surface area contributed by atoms with Gasteiger partial charge in [0.1, 0.15) is 0 Å². The average molecular weight is 856 g/mol. The maximum absolute atomic E-state index is 5.24. The Balaban J connectivity index is 0.00000420. The summed E-state index contributed by atoms with van der Waals surface area (Å²) in [5.41, 5.74) is 13.2. The van der Waals surface area contributed by atoms with E-state index >= 15 is 0 Å². The molecule has 5 nitrogen and oxygen atoms in total. The summed E-state index contributed by atoms with van der Waals surface area (Å²) in [7, 11) is 0. The van der Waals surface area contributed by atoms with Crippen molar-refractivity contribution in [2.45, 2.75) is 40.2 Å². The predicted molar refractivity (Wildman–Crippen MR) is 213 cm³/mol. The number of nitrogens with zero attached hydrogens (tertiary/aromatic N) is 5. The molecule has 1 atom stereocenters. The number of hydrogen-bond acceptors (Lipinski definition) is 4. The Kier molecular flexibility index (Phi) is 10.3. The molecule has 8 rings (SSSR count). The Labute approximate surface area is 322 Å². The molecule has 1 aliphatic carbocycles. The van der Waals surface area contributed by atoms with Crippen LogP contribution >= 0.6 is 0 Å². The fourth-order valence-corrected chi connectivity index (χ4v) is 7.44. The topological polar surface area (TPSA) is 36.7 Å². The van der Waals surface area contributed by atoms with E-state index in [1.165, 1.54) is 22.2 Å². The molecular weight excluding hydrogens is 816 g/mol. The standard InChI is InChI=1S/C45H39BN5.Pt/c1-32-26-33(2)45(34(3)27-32)46(39-20-15-25-42(29-39)50-31-49(35(4)47-50)40-21-10-6-11-22-40)38-19-14-18-37(28-38)43-30-44(36-16-8-5-9-17-36)51(48-43)41-23-12-7-13-24-41;/h5-23,25-27,30-31,41H,24H2,1-4H3;/q-3;/t41-;/m1./s1. The molecular formula is C45H39BN5Pt-3. The number of aromatic nitrogens is 2. The van der Waals surface area contributed by atoms with Crippen LogP contribution in [0, 0.1) is 39.6 Å². The first-order valence-corrected chi connectivity index (χ1v) is 17.6. The number of anilines is 2. The van der Waals surface area contributed by atoms with E-state index < -0.39 is 0 Å². The normalized spacial score (nSPS) is 15.1. The molecule has 5 aromatic carbocycles. The van der Waals surface area contributed by atoms with Gasteiger partial charge in [0.05, 0.1) is 17.6 Å². The monoisotopic (exact) mass is 855 g/mol. The van der Waals surface area contributed by atoms with Gasteiger partial charge in [-0.05, 0) is 51.8 Å². The summed E-state index contributed by atoms with van der Waals surface area (Å²) in [5, 5.41) is 12.1. The van der Waals surface area contributed by atoms with Gasteiger partial charge in [0.15, 0.2) is 6.71 Å². The molecule has 0 spiro atoms. The molecule has 260 valence electrons. The molecule has 7 heteroatoms. The van der Waals surface area contributed by atoms with Gasteiger partial charge in [-0.1, -0.05) is 119 Å². The van der Waals surface area contributed by atoms with Crippen molar-refractivity contribution in [2.75, 3.05) is 9.91 Å². The van der Waals surface area contributed by atoms with Crippen molar-refractivity contribution in [3.8, 4) is 22.5 Å². The Morgan fingerprint density at radius 2 is 1.44 bits per heavy atom. The summed E-state index contributed by atoms with van der Waals surface area (Å²) in [6.45, 7) is 10.6. The summed E-state index contributed by atoms with van der Waals surface area (Å²) < 4.78 is 2.17. The van der Waals surface area contributed by atoms with Gasteiger partial charge in [-0.2, -0.15) is 34.2 Å². The van der Waals surface area contributed by atoms with Crippen LogP contribution in [-0.2, 0) is 21.1 Å². The molecule has 0 saturated carbocycles. The number of benzene rings is 5. The Morgan fingerprint density at radius 3 is 2.15 bits per heavy atom. The van der Waals surface area contributed by atoms with Gasteiger partial charge < -0.3 is 9.91 Å². The van der Waals surface area contributed by atoms with E-state index in [1.54, 1.807) is 0 Å². The van der Waals surface area contributed by atoms with Crippen molar-refractivity contribution in [1.82, 2.24) is 9.78 Å². The molecule has 52 heavy (non-hydrogen) atoms. The third-order valence-corrected chi connectivity index (χ3v) is 9.73. The Morgan fingerprint density at radius 1 is 0.750 bits per heavy atom. The molecule has 1 aliphatic heterocycles. The van der Waals surface area contributed by atoms with Crippen LogP contribution in [0.1, 0.15) is 36.1 Å². The maximum atomic E-state index is 5.24. The third-order valence-electron chi connectivity index (χ3n) is 9.73. The van der Waals surface area contributed by atoms with Crippen LogP contribution in [0.2, 0.25) is 0 Å². The van der Waals surface area contributed by atoms with Crippen molar-refractivity contribution >= 4 is 40.3 Å². The summed E-state index contributed by atoms with van der Waals surface area (Å²) in [5.74, 6) is 0.900. The predicted octanol–water partition coefficient (Wildman–Crippen LogP) is 8.09. The minimum absolute atomic E-state index is 0. The average Bonchev–Trinajstić information content (AvgIpc) is 3.79. The smallest absolute Gasteiger partial charge is 0.198 e. The number of para-hydroxylation sites is 1. The van der Waals surface area contributed by atoms with Crippen molar-refractivity contribution < 1.29 is 21.1 Å². The maximum Gasteiger partial charge on any atom is 0.198 e. The molecule has 0 saturated heterocycles. The molecule has 2 aliphatic rings. The van der Waals surface area contributed by atoms with Gasteiger partial charge >= 0.3 is 0 Å². The van der Waals surface area contributed by atoms with Gasteiger partial charge in [0, 0.05) is 32.4 Å². The number of rotatable bonds is 8. The zero-order valence-corrected chi connectivity index (χ0v) is 32.0. The van der Waals surface area contributed by atoms with Crippen LogP contribution in [0.25, 0.3) is 22.5 Å². The van der Waals surface area contributed by atoms with E-state index in [9.17, 15) is 0 Å². The Bertz CT molecular complexity index is 2270. The molecule has 1 aromatic heterocycles. The number of aryl methyl sites for hydroxylation is 3. The fraction of sp³-hybridized carbons (Fsp3) is 0.133. The first-order chi connectivity index (χ1) is 24.9. The van der Waals surface area contributed by atoms with Crippen LogP contribution in [-0.4, -0.2) is 22.3 Å². The van der Waals surface area contributed by atoms with Gasteiger partial charge in [0.2, 0.25) is 0 Å². The first-order valence-electron chi connectivity index (χ1n) is 17.6. The second-order valence-corrected chi connectivity index (χ2v) is 13.4. The van der Waals surface area contributed by atoms with Gasteiger partial charge in [-0.25, -0.2) is 5.10 Å². The molecule has 0 bridgehead atoms. The summed E-state index contributed by atoms with van der Waals surface area (Å²) >= 11 is 0. The number of hydrazone groups is 1. The van der Waals surface area contributed by atoms with Crippen molar-refractivity contribution in [3.05, 3.63) is 175 Å². The van der Waals surface area contributed by atoms with E-state index in [0.29, 0.717) is 0 Å². The Hall–Kier alpha value is -5.19. The zero-order chi connectivity index (χ0) is 34.9. The SMILES string of the molecule is CC1=NN(c2[c-]c(B(c3[c-]c(-c4cc(-c5ccccc5)n([C@@H]5C=CC=CC5)n4)ccc3)c3c(C)cc(C)cc3C)ccc2)[CH-]N1c1ccccc1.[Pt]. The van der Waals surface area contributed by atoms with Crippen LogP contribution < -0.4 is 26.3 Å². The van der Waals surface area contributed by atoms with Crippen molar-refractivity contribution in [1.29, 1.82) is 0 Å². The van der Waals surface area contributed by atoms with E-state index in [1.807, 2.05) is 36.8 Å². The second kappa shape index (κ2) is 15.2. The quantitative estimate of drug-likeness (QED) is 0.115. The van der Waals surface area contributed by atoms with E-state index in [0.717, 1.165) is 57.1 Å². The molecule has 6 aromatic rings. The van der Waals surface area contributed by atoms with Crippen LogP contribution in [0.5, 0.6) is 0 Å². The molecule has 0 N–H and O–H groups in total. The number of amidine groups is 1. The number of allylic oxidation sites excluding steroid dienone is 4. The first kappa shape index (κ1) is 35.2. The minimum Gasteiger partial charge on any atom is -0.460 e. The fourth-order valence-electron chi connectivity index (χ4n) is 7.44. The molecule has 2 heterocycles. The largest absolute Gasteiger partial charge is 0.460 e. The zero-order valence-electron chi connectivity index (χ0n) is 29.8. The van der Waals surface area contributed by atoms with Crippen LogP contribution in [0.4, 0.5) is 11.4 Å². The summed E-state index contributed by atoms with van der Waals surface area (Å²) in [6, 6.07) is 48.2. The van der Waals surface area contributed by atoms with Gasteiger partial charge in [-0.3, -0.25) is 4.68 Å². The molecule has 0 radical (unpaired) electrons. The third kappa shape index (κ3) is 7.01. The minimum atomic E-state index is -0.106. The molecule has 0 fully saturated rings. The van der Waals surface area contributed by atoms with Gasteiger partial charge in [0.25, 0.3) is 0 Å². The summed E-state index contributed by atoms with van der Waals surface area (Å²) in [6.07, 6.45) is 9.57. The van der Waals surface area contributed by atoms with Crippen LogP contribution in [0.3, 0.4) is 0 Å². The van der Waals surface area contributed by atoms with Gasteiger partial charge in [-0.15, -0.1) is 42.6 Å². The van der Waals surface area contributed by atoms with Crippen LogP contribution in [0.15, 0.2) is 145 Å². The second-order valence-electron chi connectivity index (χ2n) is 13.4. The molecule has 0 unspecified atom stereocenters. The van der Waals surface area contributed by atoms with Crippen molar-refractivity contribution in [2.24, 2.45) is 5.10 Å². The van der Waals surface area contributed by atoms with E-state index in [4.69, 9.17) is 10.2 Å². The van der Waals surface area contributed by atoms with Crippen molar-refractivity contribution in [3.63, 3.8) is 0 Å². The van der Waals surface area contributed by atoms with E-state index in [2.05, 4.69) is 164 Å². The molecule has 0 amide bonds. The number of hydrogen-bond donors (Lipinski definition) is 0. The summed E-state index contributed by atoms with van der Waals surface area (Å²) in [4.78, 5) is 2.10. The van der Waals surface area contributed by atoms with E-state index in [-0.39, 0.29) is 33.8 Å².